The number of piperazine rings is 1. The summed E-state index contributed by atoms with van der Waals surface area (Å²) in [5.41, 5.74) is 7.09. The van der Waals surface area contributed by atoms with Crippen LogP contribution in [0.15, 0.2) is 125 Å². The van der Waals surface area contributed by atoms with Gasteiger partial charge in [0.2, 0.25) is 0 Å². The molecule has 0 aliphatic carbocycles. The van der Waals surface area contributed by atoms with Gasteiger partial charge in [-0.25, -0.2) is 17.2 Å². The van der Waals surface area contributed by atoms with Crippen LogP contribution in [0.2, 0.25) is 5.02 Å². The number of halogens is 3. The Balaban J connectivity index is 0.892. The first kappa shape index (κ1) is 45.5. The summed E-state index contributed by atoms with van der Waals surface area (Å²) in [7, 11) is -1.97. The van der Waals surface area contributed by atoms with Crippen LogP contribution in [0.1, 0.15) is 30.5 Å². The number of nitrogens with zero attached hydrogens (tertiary/aromatic N) is 4. The van der Waals surface area contributed by atoms with Gasteiger partial charge in [-0.15, -0.1) is 11.8 Å². The predicted molar refractivity (Wildman–Crippen MR) is 260 cm³/mol. The van der Waals surface area contributed by atoms with Gasteiger partial charge in [0.1, 0.15) is 0 Å². The SMILES string of the molecule is Cc1cc(S(=O)(=O)Nc2ccc(N3CCN(c4cc(F)c(F)c(-c5cc(C)n(C)c5-c5ccc(Cl)cc5)c4)CC3)cc2)ccc1N[C@H](CCN1CCC(O)CC1)CSc1ccccc1. The second kappa shape index (κ2) is 20.0. The molecule has 5 aromatic carbocycles. The summed E-state index contributed by atoms with van der Waals surface area (Å²) in [5, 5.41) is 14.3. The summed E-state index contributed by atoms with van der Waals surface area (Å²) in [6.45, 7) is 9.00. The Kier molecular flexibility index (Phi) is 14.2. The van der Waals surface area contributed by atoms with Crippen LogP contribution in [-0.4, -0.2) is 86.7 Å². The number of hydrogen-bond donors (Lipinski definition) is 3. The van der Waals surface area contributed by atoms with Crippen molar-refractivity contribution in [3.63, 3.8) is 0 Å². The Morgan fingerprint density at radius 3 is 2.14 bits per heavy atom. The highest BCUT2D eigenvalue weighted by atomic mass is 35.5. The first-order chi connectivity index (χ1) is 30.8. The molecule has 0 spiro atoms. The van der Waals surface area contributed by atoms with Crippen LogP contribution in [0.5, 0.6) is 0 Å². The van der Waals surface area contributed by atoms with E-state index in [1.165, 1.54) is 11.0 Å². The van der Waals surface area contributed by atoms with Crippen molar-refractivity contribution in [1.82, 2.24) is 9.47 Å². The predicted octanol–water partition coefficient (Wildman–Crippen LogP) is 10.5. The van der Waals surface area contributed by atoms with Gasteiger partial charge in [-0.1, -0.05) is 41.9 Å². The molecule has 2 fully saturated rings. The largest absolute Gasteiger partial charge is 0.393 e. The Morgan fingerprint density at radius 2 is 1.47 bits per heavy atom. The number of nitrogens with one attached hydrogen (secondary N) is 2. The minimum atomic E-state index is -3.88. The molecule has 14 heteroatoms. The van der Waals surface area contributed by atoms with Crippen molar-refractivity contribution in [3.05, 3.63) is 143 Å². The smallest absolute Gasteiger partial charge is 0.261 e. The average Bonchev–Trinajstić information content (AvgIpc) is 3.59. The number of aliphatic hydroxyl groups excluding tert-OH is 1. The van der Waals surface area contributed by atoms with Gasteiger partial charge in [0.05, 0.1) is 16.7 Å². The maximum absolute atomic E-state index is 15.6. The van der Waals surface area contributed by atoms with E-state index in [0.717, 1.165) is 78.5 Å². The number of sulfonamides is 1. The van der Waals surface area contributed by atoms with Gasteiger partial charge < -0.3 is 29.7 Å². The van der Waals surface area contributed by atoms with E-state index < -0.39 is 21.7 Å². The number of aryl methyl sites for hydroxylation is 2. The highest BCUT2D eigenvalue weighted by Crippen LogP contribution is 2.39. The summed E-state index contributed by atoms with van der Waals surface area (Å²) in [4.78, 5) is 8.06. The lowest BCUT2D eigenvalue weighted by atomic mass is 9.99. The zero-order valence-electron chi connectivity index (χ0n) is 36.4. The fourth-order valence-electron chi connectivity index (χ4n) is 8.60. The maximum Gasteiger partial charge on any atom is 0.261 e. The number of thioether (sulfide) groups is 1. The summed E-state index contributed by atoms with van der Waals surface area (Å²) in [5.74, 6) is -0.934. The topological polar surface area (TPSA) is 93.1 Å². The van der Waals surface area contributed by atoms with Gasteiger partial charge in [-0.05, 0) is 123 Å². The lowest BCUT2D eigenvalue weighted by Gasteiger charge is -2.37. The highest BCUT2D eigenvalue weighted by molar-refractivity contribution is 7.99. The minimum Gasteiger partial charge on any atom is -0.393 e. The van der Waals surface area contributed by atoms with Crippen LogP contribution in [-0.2, 0) is 17.1 Å². The molecule has 3 N–H and O–H groups in total. The molecule has 1 aromatic heterocycles. The van der Waals surface area contributed by atoms with E-state index in [4.69, 9.17) is 11.6 Å². The highest BCUT2D eigenvalue weighted by Gasteiger charge is 2.25. The molecule has 0 amide bonds. The Bertz CT molecular complexity index is 2650. The second-order valence-electron chi connectivity index (χ2n) is 16.8. The summed E-state index contributed by atoms with van der Waals surface area (Å²) >= 11 is 7.96. The van der Waals surface area contributed by atoms with E-state index in [2.05, 4.69) is 36.9 Å². The third-order valence-corrected chi connectivity index (χ3v) is 15.2. The first-order valence-electron chi connectivity index (χ1n) is 21.8. The fourth-order valence-corrected chi connectivity index (χ4v) is 10.9. The molecule has 9 nitrogen and oxygen atoms in total. The summed E-state index contributed by atoms with van der Waals surface area (Å²) < 4.78 is 63.0. The third-order valence-electron chi connectivity index (χ3n) is 12.4. The lowest BCUT2D eigenvalue weighted by Crippen LogP contribution is -2.46. The lowest BCUT2D eigenvalue weighted by molar-refractivity contribution is 0.0817. The molecule has 0 radical (unpaired) electrons. The second-order valence-corrected chi connectivity index (χ2v) is 20.0. The molecule has 6 aromatic rings. The van der Waals surface area contributed by atoms with Gasteiger partial charge in [0.15, 0.2) is 11.6 Å². The number of aromatic nitrogens is 1. The maximum atomic E-state index is 15.6. The van der Waals surface area contributed by atoms with Crippen LogP contribution < -0.4 is 19.8 Å². The number of likely N-dealkylation sites (tertiary alicyclic amines) is 1. The van der Waals surface area contributed by atoms with Gasteiger partial charge >= 0.3 is 0 Å². The van der Waals surface area contributed by atoms with Crippen LogP contribution in [0, 0.1) is 25.5 Å². The normalized spacial score (nSPS) is 15.7. The van der Waals surface area contributed by atoms with Crippen molar-refractivity contribution in [2.75, 3.05) is 71.4 Å². The number of hydrogen-bond acceptors (Lipinski definition) is 8. The zero-order chi connectivity index (χ0) is 45.0. The van der Waals surface area contributed by atoms with Gasteiger partial charge in [0, 0.05) is 120 Å². The molecule has 0 saturated carbocycles. The molecular formula is C50H55ClF2N6O3S2. The van der Waals surface area contributed by atoms with Gasteiger partial charge in [-0.3, -0.25) is 4.72 Å². The number of piperidine rings is 1. The Morgan fingerprint density at radius 1 is 0.797 bits per heavy atom. The number of benzene rings is 5. The van der Waals surface area contributed by atoms with Crippen LogP contribution in [0.3, 0.4) is 0 Å². The standard InChI is InChI=1S/C50H55ClF2N6O3S2/c1-34-29-44(17-18-48(34)54-39(33-63-43-7-5-4-6-8-43)19-22-57-23-20-42(60)21-24-57)64(61,62)55-38-13-15-40(16-14-38)58-25-27-59(28-26-58)41-31-45(49(53)47(52)32-41)46-30-35(2)56(3)50(46)36-9-11-37(51)12-10-36/h4-18,29-32,39,42,54-55,60H,19-28,33H2,1-3H3/t39-/m1/s1. The van der Waals surface area contributed by atoms with E-state index in [0.29, 0.717) is 48.1 Å². The van der Waals surface area contributed by atoms with E-state index in [9.17, 15) is 13.5 Å². The van der Waals surface area contributed by atoms with Crippen LogP contribution in [0.4, 0.5) is 31.5 Å². The minimum absolute atomic E-state index is 0.149. The van der Waals surface area contributed by atoms with Gasteiger partial charge in [-0.2, -0.15) is 0 Å². The van der Waals surface area contributed by atoms with Crippen molar-refractivity contribution in [1.29, 1.82) is 0 Å². The van der Waals surface area contributed by atoms with Crippen molar-refractivity contribution >= 4 is 56.1 Å². The van der Waals surface area contributed by atoms with E-state index in [1.54, 1.807) is 54.2 Å². The third kappa shape index (κ3) is 10.7. The van der Waals surface area contributed by atoms with E-state index in [1.807, 2.05) is 80.1 Å². The van der Waals surface area contributed by atoms with Crippen molar-refractivity contribution in [2.45, 2.75) is 55.0 Å². The molecule has 2 saturated heterocycles. The molecule has 8 rings (SSSR count). The molecule has 3 heterocycles. The number of aliphatic hydroxyl groups is 1. The zero-order valence-corrected chi connectivity index (χ0v) is 38.8. The number of anilines is 4. The first-order valence-corrected chi connectivity index (χ1v) is 24.7. The van der Waals surface area contributed by atoms with Crippen molar-refractivity contribution in [2.24, 2.45) is 7.05 Å². The Hall–Kier alpha value is -5.05. The number of rotatable bonds is 15. The monoisotopic (exact) mass is 924 g/mol. The molecule has 2 aliphatic rings. The molecular weight excluding hydrogens is 870 g/mol. The average molecular weight is 926 g/mol. The van der Waals surface area contributed by atoms with Crippen LogP contribution in [0.25, 0.3) is 22.4 Å². The molecule has 64 heavy (non-hydrogen) atoms. The van der Waals surface area contributed by atoms with Crippen molar-refractivity contribution < 1.29 is 22.3 Å². The van der Waals surface area contributed by atoms with E-state index in [-0.39, 0.29) is 22.6 Å². The summed E-state index contributed by atoms with van der Waals surface area (Å²) in [6, 6.07) is 35.3. The summed E-state index contributed by atoms with van der Waals surface area (Å²) in [6.07, 6.45) is 2.31. The molecule has 1 atom stereocenters. The quantitative estimate of drug-likeness (QED) is 0.0878. The molecule has 0 unspecified atom stereocenters. The van der Waals surface area contributed by atoms with Crippen molar-refractivity contribution in [3.8, 4) is 22.4 Å². The fraction of sp³-hybridized carbons (Fsp3) is 0.320. The molecule has 0 bridgehead atoms. The molecule has 336 valence electrons. The Labute approximate surface area is 385 Å². The molecule has 2 aliphatic heterocycles. The van der Waals surface area contributed by atoms with E-state index >= 15 is 8.78 Å². The van der Waals surface area contributed by atoms with Gasteiger partial charge in [0.25, 0.3) is 10.0 Å². The van der Waals surface area contributed by atoms with Crippen LogP contribution >= 0.6 is 23.4 Å².